The lowest BCUT2D eigenvalue weighted by Crippen LogP contribution is -1.97. The molecule has 2 rings (SSSR count). The van der Waals surface area contributed by atoms with Gasteiger partial charge < -0.3 is 0 Å². The van der Waals surface area contributed by atoms with Gasteiger partial charge in [-0.1, -0.05) is 41.9 Å². The van der Waals surface area contributed by atoms with Crippen LogP contribution in [-0.2, 0) is 0 Å². The normalized spacial score (nSPS) is 10.9. The summed E-state index contributed by atoms with van der Waals surface area (Å²) >= 11 is 5.89. The minimum absolute atomic E-state index is 0.169. The van der Waals surface area contributed by atoms with Crippen molar-refractivity contribution in [1.29, 1.82) is 0 Å². The summed E-state index contributed by atoms with van der Waals surface area (Å²) in [7, 11) is 0. The molecule has 0 radical (unpaired) electrons. The Morgan fingerprint density at radius 2 is 1.89 bits per heavy atom. The minimum atomic E-state index is -0.443. The maximum Gasteiger partial charge on any atom is 0.186 e. The summed E-state index contributed by atoms with van der Waals surface area (Å²) in [5.41, 5.74) is 1.72. The van der Waals surface area contributed by atoms with Crippen LogP contribution in [0.15, 0.2) is 48.5 Å². The molecule has 0 heterocycles. The van der Waals surface area contributed by atoms with Gasteiger partial charge in [0.05, 0.1) is 5.02 Å². The highest BCUT2D eigenvalue weighted by molar-refractivity contribution is 6.32. The maximum absolute atomic E-state index is 13.5. The van der Waals surface area contributed by atoms with Crippen LogP contribution >= 0.6 is 11.6 Å². The van der Waals surface area contributed by atoms with Crippen LogP contribution in [0.3, 0.4) is 0 Å². The Labute approximate surface area is 116 Å². The van der Waals surface area contributed by atoms with Crippen molar-refractivity contribution in [2.24, 2.45) is 0 Å². The third-order valence-corrected chi connectivity index (χ3v) is 3.14. The van der Waals surface area contributed by atoms with Gasteiger partial charge in [0.15, 0.2) is 5.78 Å². The van der Waals surface area contributed by atoms with Crippen molar-refractivity contribution < 1.29 is 9.18 Å². The van der Waals surface area contributed by atoms with Crippen LogP contribution in [0.4, 0.5) is 4.39 Å². The van der Waals surface area contributed by atoms with Crippen LogP contribution in [0.2, 0.25) is 5.02 Å². The molecule has 2 aromatic rings. The summed E-state index contributed by atoms with van der Waals surface area (Å²) in [5, 5.41) is 0.286. The number of rotatable bonds is 3. The number of aryl methyl sites for hydroxylation is 1. The number of hydrogen-bond acceptors (Lipinski definition) is 1. The van der Waals surface area contributed by atoms with E-state index in [0.29, 0.717) is 5.56 Å². The van der Waals surface area contributed by atoms with Crippen LogP contribution in [-0.4, -0.2) is 5.78 Å². The zero-order valence-electron chi connectivity index (χ0n) is 10.4. The molecule has 0 N–H and O–H groups in total. The van der Waals surface area contributed by atoms with Crippen molar-refractivity contribution in [3.8, 4) is 0 Å². The average molecular weight is 275 g/mol. The molecule has 0 aromatic heterocycles. The molecular weight excluding hydrogens is 263 g/mol. The lowest BCUT2D eigenvalue weighted by atomic mass is 10.0. The van der Waals surface area contributed by atoms with E-state index in [9.17, 15) is 9.18 Å². The van der Waals surface area contributed by atoms with E-state index in [4.69, 9.17) is 11.6 Å². The highest BCUT2D eigenvalue weighted by Gasteiger charge is 2.07. The first-order valence-electron chi connectivity index (χ1n) is 5.81. The van der Waals surface area contributed by atoms with Gasteiger partial charge in [-0.3, -0.25) is 4.79 Å². The van der Waals surface area contributed by atoms with Crippen LogP contribution in [0.5, 0.6) is 0 Å². The summed E-state index contributed by atoms with van der Waals surface area (Å²) in [6, 6.07) is 11.7. The van der Waals surface area contributed by atoms with E-state index in [0.717, 1.165) is 5.56 Å². The number of hydrogen-bond donors (Lipinski definition) is 0. The monoisotopic (exact) mass is 274 g/mol. The van der Waals surface area contributed by atoms with Gasteiger partial charge >= 0.3 is 0 Å². The molecule has 3 heteroatoms. The Morgan fingerprint density at radius 3 is 2.58 bits per heavy atom. The van der Waals surface area contributed by atoms with Crippen LogP contribution in [0, 0.1) is 12.7 Å². The van der Waals surface area contributed by atoms with E-state index in [-0.39, 0.29) is 16.4 Å². The molecule has 0 aliphatic carbocycles. The van der Waals surface area contributed by atoms with Crippen molar-refractivity contribution in [2.45, 2.75) is 6.92 Å². The standard InChI is InChI=1S/C16H12ClFO/c1-11-5-2-3-6-12(11)16(19)10-9-13-14(17)7-4-8-15(13)18/h2-10H,1H3. The second-order valence-corrected chi connectivity index (χ2v) is 4.56. The van der Waals surface area contributed by atoms with Gasteiger partial charge in [0.2, 0.25) is 0 Å². The fraction of sp³-hybridized carbons (Fsp3) is 0.0625. The highest BCUT2D eigenvalue weighted by atomic mass is 35.5. The molecule has 0 fully saturated rings. The van der Waals surface area contributed by atoms with E-state index in [1.165, 1.54) is 24.3 Å². The third-order valence-electron chi connectivity index (χ3n) is 2.81. The molecule has 0 amide bonds. The molecule has 96 valence electrons. The van der Waals surface area contributed by atoms with Crippen molar-refractivity contribution in [3.05, 3.63) is 76.1 Å². The molecule has 0 bridgehead atoms. The van der Waals surface area contributed by atoms with Crippen molar-refractivity contribution in [3.63, 3.8) is 0 Å². The van der Waals surface area contributed by atoms with Crippen LogP contribution in [0.25, 0.3) is 6.08 Å². The molecule has 0 aliphatic heterocycles. The number of carbonyl (C=O) groups excluding carboxylic acids is 1. The van der Waals surface area contributed by atoms with E-state index in [1.807, 2.05) is 19.1 Å². The summed E-state index contributed by atoms with van der Waals surface area (Å²) in [4.78, 5) is 12.0. The van der Waals surface area contributed by atoms with Gasteiger partial charge in [-0.05, 0) is 36.8 Å². The zero-order chi connectivity index (χ0) is 13.8. The summed E-state index contributed by atoms with van der Waals surface area (Å²) in [5.74, 6) is -0.612. The average Bonchev–Trinajstić information content (AvgIpc) is 2.38. The topological polar surface area (TPSA) is 17.1 Å². The van der Waals surface area contributed by atoms with Gasteiger partial charge in [0.25, 0.3) is 0 Å². The van der Waals surface area contributed by atoms with E-state index >= 15 is 0 Å². The fourth-order valence-corrected chi connectivity index (χ4v) is 1.99. The van der Waals surface area contributed by atoms with Gasteiger partial charge in [-0.25, -0.2) is 4.39 Å². The maximum atomic E-state index is 13.5. The van der Waals surface area contributed by atoms with Crippen LogP contribution < -0.4 is 0 Å². The number of benzene rings is 2. The summed E-state index contributed by atoms with van der Waals surface area (Å²) < 4.78 is 13.5. The molecule has 2 aromatic carbocycles. The van der Waals surface area contributed by atoms with Gasteiger partial charge in [-0.15, -0.1) is 0 Å². The SMILES string of the molecule is Cc1ccccc1C(=O)C=Cc1c(F)cccc1Cl. The van der Waals surface area contributed by atoms with Crippen molar-refractivity contribution in [1.82, 2.24) is 0 Å². The molecule has 0 saturated heterocycles. The minimum Gasteiger partial charge on any atom is -0.289 e. The molecule has 0 aliphatic rings. The summed E-state index contributed by atoms with van der Waals surface area (Å²) in [6.07, 6.45) is 2.75. The first-order valence-corrected chi connectivity index (χ1v) is 6.19. The fourth-order valence-electron chi connectivity index (χ4n) is 1.77. The second-order valence-electron chi connectivity index (χ2n) is 4.15. The Hall–Kier alpha value is -1.93. The first-order chi connectivity index (χ1) is 9.09. The number of ketones is 1. The Bertz CT molecular complexity index is 627. The largest absolute Gasteiger partial charge is 0.289 e. The van der Waals surface area contributed by atoms with Gasteiger partial charge in [-0.2, -0.15) is 0 Å². The van der Waals surface area contributed by atoms with Crippen molar-refractivity contribution >= 4 is 23.5 Å². The number of allylic oxidation sites excluding steroid dienone is 1. The third kappa shape index (κ3) is 3.09. The highest BCUT2D eigenvalue weighted by Crippen LogP contribution is 2.20. The molecule has 1 nitrogen and oxygen atoms in total. The predicted molar refractivity (Wildman–Crippen MR) is 76.0 cm³/mol. The van der Waals surface area contributed by atoms with E-state index < -0.39 is 5.82 Å². The molecular formula is C16H12ClFO. The zero-order valence-corrected chi connectivity index (χ0v) is 11.1. The molecule has 19 heavy (non-hydrogen) atoms. The van der Waals surface area contributed by atoms with Gasteiger partial charge in [0.1, 0.15) is 5.82 Å². The Morgan fingerprint density at radius 1 is 1.16 bits per heavy atom. The first kappa shape index (κ1) is 13.5. The predicted octanol–water partition coefficient (Wildman–Crippen LogP) is 4.68. The Balaban J connectivity index is 2.29. The second kappa shape index (κ2) is 5.81. The smallest absolute Gasteiger partial charge is 0.186 e. The summed E-state index contributed by atoms with van der Waals surface area (Å²) in [6.45, 7) is 1.86. The van der Waals surface area contributed by atoms with Gasteiger partial charge in [0, 0.05) is 11.1 Å². The molecule has 0 unspecified atom stereocenters. The molecule has 0 saturated carbocycles. The number of halogens is 2. The Kier molecular flexibility index (Phi) is 4.13. The molecule has 0 spiro atoms. The van der Waals surface area contributed by atoms with E-state index in [2.05, 4.69) is 0 Å². The number of carbonyl (C=O) groups is 1. The van der Waals surface area contributed by atoms with Crippen molar-refractivity contribution in [2.75, 3.05) is 0 Å². The molecule has 0 atom stereocenters. The van der Waals surface area contributed by atoms with E-state index in [1.54, 1.807) is 18.2 Å². The van der Waals surface area contributed by atoms with Crippen LogP contribution in [0.1, 0.15) is 21.5 Å². The lowest BCUT2D eigenvalue weighted by Gasteiger charge is -2.01. The lowest BCUT2D eigenvalue weighted by molar-refractivity contribution is 0.104. The quantitative estimate of drug-likeness (QED) is 0.586.